The van der Waals surface area contributed by atoms with Crippen molar-refractivity contribution in [3.8, 4) is 0 Å². The Morgan fingerprint density at radius 3 is 2.62 bits per heavy atom. The van der Waals surface area contributed by atoms with Gasteiger partial charge in [0, 0.05) is 25.1 Å². The third kappa shape index (κ3) is 3.41. The van der Waals surface area contributed by atoms with Crippen LogP contribution in [-0.2, 0) is 13.5 Å². The number of rotatable bonds is 6. The van der Waals surface area contributed by atoms with Crippen LogP contribution in [0, 0.1) is 17.5 Å². The van der Waals surface area contributed by atoms with Crippen LogP contribution in [0.5, 0.6) is 0 Å². The van der Waals surface area contributed by atoms with Gasteiger partial charge in [0.05, 0.1) is 0 Å². The fraction of sp³-hybridized carbons (Fsp3) is 0.429. The van der Waals surface area contributed by atoms with Crippen LogP contribution in [0.25, 0.3) is 0 Å². The zero-order valence-electron chi connectivity index (χ0n) is 11.9. The highest BCUT2D eigenvalue weighted by molar-refractivity contribution is 5.24. The Bertz CT molecular complexity index is 612. The van der Waals surface area contributed by atoms with Gasteiger partial charge < -0.3 is 5.32 Å². The van der Waals surface area contributed by atoms with Gasteiger partial charge in [-0.1, -0.05) is 13.0 Å². The zero-order valence-corrected chi connectivity index (χ0v) is 11.9. The number of nitrogens with zero attached hydrogens (tertiary/aromatic N) is 3. The molecule has 0 aliphatic heterocycles. The van der Waals surface area contributed by atoms with E-state index in [0.29, 0.717) is 18.8 Å². The predicted octanol–water partition coefficient (Wildman–Crippen LogP) is 2.52. The van der Waals surface area contributed by atoms with E-state index in [0.717, 1.165) is 12.5 Å². The molecular weight excluding hydrogens is 281 g/mol. The molecule has 0 spiro atoms. The second-order valence-electron chi connectivity index (χ2n) is 4.78. The minimum Gasteiger partial charge on any atom is -0.309 e. The Balaban J connectivity index is 2.32. The molecule has 0 radical (unpaired) electrons. The van der Waals surface area contributed by atoms with Gasteiger partial charge in [-0.2, -0.15) is 5.10 Å². The molecular formula is C14H17F3N4. The third-order valence-corrected chi connectivity index (χ3v) is 3.27. The predicted molar refractivity (Wildman–Crippen MR) is 72.1 cm³/mol. The largest absolute Gasteiger partial charge is 0.309 e. The quantitative estimate of drug-likeness (QED) is 0.833. The van der Waals surface area contributed by atoms with Crippen LogP contribution in [0.4, 0.5) is 13.2 Å². The molecule has 0 saturated heterocycles. The first kappa shape index (κ1) is 15.5. The minimum atomic E-state index is -1.45. The molecule has 114 valence electrons. The van der Waals surface area contributed by atoms with Gasteiger partial charge in [-0.15, -0.1) is 0 Å². The molecule has 2 aromatic rings. The molecule has 0 saturated carbocycles. The summed E-state index contributed by atoms with van der Waals surface area (Å²) < 4.78 is 42.0. The highest BCUT2D eigenvalue weighted by atomic mass is 19.2. The minimum absolute atomic E-state index is 0.0883. The van der Waals surface area contributed by atoms with Crippen molar-refractivity contribution < 1.29 is 13.2 Å². The summed E-state index contributed by atoms with van der Waals surface area (Å²) in [6, 6.07) is 1.70. The highest BCUT2D eigenvalue weighted by Gasteiger charge is 2.22. The molecule has 0 aliphatic rings. The van der Waals surface area contributed by atoms with Gasteiger partial charge in [0.15, 0.2) is 17.5 Å². The molecule has 0 amide bonds. The molecule has 1 aromatic heterocycles. The van der Waals surface area contributed by atoms with Gasteiger partial charge in [0.25, 0.3) is 0 Å². The van der Waals surface area contributed by atoms with E-state index in [1.165, 1.54) is 12.4 Å². The molecule has 0 bridgehead atoms. The number of aromatic nitrogens is 3. The second kappa shape index (κ2) is 6.71. The topological polar surface area (TPSA) is 42.7 Å². The molecule has 4 nitrogen and oxygen atoms in total. The summed E-state index contributed by atoms with van der Waals surface area (Å²) >= 11 is 0. The van der Waals surface area contributed by atoms with Gasteiger partial charge in [-0.05, 0) is 19.0 Å². The van der Waals surface area contributed by atoms with Crippen molar-refractivity contribution in [2.45, 2.75) is 25.8 Å². The monoisotopic (exact) mass is 298 g/mol. The summed E-state index contributed by atoms with van der Waals surface area (Å²) in [6.07, 6.45) is 2.56. The van der Waals surface area contributed by atoms with Crippen LogP contribution in [0.1, 0.15) is 30.8 Å². The first-order valence-electron chi connectivity index (χ1n) is 6.74. The second-order valence-corrected chi connectivity index (χ2v) is 4.78. The summed E-state index contributed by atoms with van der Waals surface area (Å²) in [4.78, 5) is 4.08. The van der Waals surface area contributed by atoms with Gasteiger partial charge in [0.2, 0.25) is 0 Å². The van der Waals surface area contributed by atoms with E-state index < -0.39 is 23.5 Å². The fourth-order valence-electron chi connectivity index (χ4n) is 2.11. The van der Waals surface area contributed by atoms with E-state index in [4.69, 9.17) is 0 Å². The molecule has 1 N–H and O–H groups in total. The van der Waals surface area contributed by atoms with Gasteiger partial charge >= 0.3 is 0 Å². The molecule has 2 rings (SSSR count). The molecule has 1 unspecified atom stereocenters. The first-order valence-corrected chi connectivity index (χ1v) is 6.74. The summed E-state index contributed by atoms with van der Waals surface area (Å²) in [6.45, 7) is 2.59. The average molecular weight is 298 g/mol. The molecule has 1 atom stereocenters. The van der Waals surface area contributed by atoms with Gasteiger partial charge in [-0.3, -0.25) is 4.68 Å². The number of hydrogen-bond acceptors (Lipinski definition) is 3. The van der Waals surface area contributed by atoms with E-state index >= 15 is 0 Å². The average Bonchev–Trinajstić information content (AvgIpc) is 2.87. The summed E-state index contributed by atoms with van der Waals surface area (Å²) in [5, 5.41) is 7.08. The number of nitrogens with one attached hydrogen (secondary N) is 1. The number of halogens is 3. The molecule has 0 aliphatic carbocycles. The zero-order chi connectivity index (χ0) is 15.4. The van der Waals surface area contributed by atoms with Crippen molar-refractivity contribution in [3.63, 3.8) is 0 Å². The van der Waals surface area contributed by atoms with Crippen LogP contribution in [-0.4, -0.2) is 21.3 Å². The third-order valence-electron chi connectivity index (χ3n) is 3.27. The lowest BCUT2D eigenvalue weighted by atomic mass is 10.0. The molecule has 1 heterocycles. The Labute approximate surface area is 121 Å². The number of aryl methyl sites for hydroxylation is 1. The Kier molecular flexibility index (Phi) is 4.95. The van der Waals surface area contributed by atoms with E-state index in [9.17, 15) is 13.2 Å². The standard InChI is InChI=1S/C14H17F3N4/c1-3-6-18-11(7-12-19-8-20-21(12)2)9-4-5-10(15)14(17)13(9)16/h4-5,8,11,18H,3,6-7H2,1-2H3. The maximum Gasteiger partial charge on any atom is 0.194 e. The van der Waals surface area contributed by atoms with Crippen molar-refractivity contribution in [3.05, 3.63) is 47.3 Å². The van der Waals surface area contributed by atoms with Gasteiger partial charge in [-0.25, -0.2) is 18.2 Å². The number of hydrogen-bond donors (Lipinski definition) is 1. The van der Waals surface area contributed by atoms with Crippen molar-refractivity contribution in [1.82, 2.24) is 20.1 Å². The van der Waals surface area contributed by atoms with Crippen LogP contribution < -0.4 is 5.32 Å². The maximum absolute atomic E-state index is 14.0. The van der Waals surface area contributed by atoms with E-state index in [1.807, 2.05) is 6.92 Å². The van der Waals surface area contributed by atoms with Crippen molar-refractivity contribution in [1.29, 1.82) is 0 Å². The van der Waals surface area contributed by atoms with Gasteiger partial charge in [0.1, 0.15) is 12.2 Å². The lowest BCUT2D eigenvalue weighted by Gasteiger charge is -2.19. The van der Waals surface area contributed by atoms with E-state index in [1.54, 1.807) is 11.7 Å². The van der Waals surface area contributed by atoms with Crippen LogP contribution in [0.15, 0.2) is 18.5 Å². The van der Waals surface area contributed by atoms with Crippen LogP contribution in [0.3, 0.4) is 0 Å². The Morgan fingerprint density at radius 2 is 2.00 bits per heavy atom. The van der Waals surface area contributed by atoms with Crippen LogP contribution >= 0.6 is 0 Å². The van der Waals surface area contributed by atoms with E-state index in [2.05, 4.69) is 15.4 Å². The smallest absolute Gasteiger partial charge is 0.194 e. The fourth-order valence-corrected chi connectivity index (χ4v) is 2.11. The molecule has 7 heteroatoms. The lowest BCUT2D eigenvalue weighted by molar-refractivity contribution is 0.419. The first-order chi connectivity index (χ1) is 10.0. The van der Waals surface area contributed by atoms with Crippen molar-refractivity contribution in [2.75, 3.05) is 6.54 Å². The summed E-state index contributed by atoms with van der Waals surface area (Å²) in [7, 11) is 1.72. The SMILES string of the molecule is CCCNC(Cc1ncnn1C)c1ccc(F)c(F)c1F. The van der Waals surface area contributed by atoms with Crippen molar-refractivity contribution in [2.24, 2.45) is 7.05 Å². The Morgan fingerprint density at radius 1 is 1.24 bits per heavy atom. The Hall–Kier alpha value is -1.89. The van der Waals surface area contributed by atoms with E-state index in [-0.39, 0.29) is 5.56 Å². The molecule has 21 heavy (non-hydrogen) atoms. The summed E-state index contributed by atoms with van der Waals surface area (Å²) in [5.74, 6) is -3.17. The molecule has 0 fully saturated rings. The van der Waals surface area contributed by atoms with Crippen molar-refractivity contribution >= 4 is 0 Å². The summed E-state index contributed by atoms with van der Waals surface area (Å²) in [5.41, 5.74) is 0.0883. The number of benzene rings is 1. The van der Waals surface area contributed by atoms with Crippen LogP contribution in [0.2, 0.25) is 0 Å². The lowest BCUT2D eigenvalue weighted by Crippen LogP contribution is -2.26. The molecule has 1 aromatic carbocycles. The highest BCUT2D eigenvalue weighted by Crippen LogP contribution is 2.24. The maximum atomic E-state index is 14.0. The normalized spacial score (nSPS) is 12.6.